The first-order valence-electron chi connectivity index (χ1n) is 10.4. The third kappa shape index (κ3) is 3.71. The number of nitrogens with one attached hydrogen (secondary N) is 1. The maximum Gasteiger partial charge on any atom is 0.155 e. The Hall–Kier alpha value is -3.37. The van der Waals surface area contributed by atoms with Gasteiger partial charge in [0, 0.05) is 11.6 Å². The molecule has 32 heavy (non-hydrogen) atoms. The van der Waals surface area contributed by atoms with E-state index >= 15 is 0 Å². The lowest BCUT2D eigenvalue weighted by molar-refractivity contribution is 0.590. The molecule has 5 heteroatoms. The van der Waals surface area contributed by atoms with Gasteiger partial charge in [0.2, 0.25) is 0 Å². The van der Waals surface area contributed by atoms with E-state index in [4.69, 9.17) is 16.0 Å². The van der Waals surface area contributed by atoms with Gasteiger partial charge >= 0.3 is 0 Å². The summed E-state index contributed by atoms with van der Waals surface area (Å²) in [7, 11) is 0. The van der Waals surface area contributed by atoms with E-state index in [1.165, 1.54) is 11.6 Å². The fraction of sp³-hybridized carbons (Fsp3) is 0.148. The van der Waals surface area contributed by atoms with Crippen LogP contribution in [0, 0.1) is 5.82 Å². The van der Waals surface area contributed by atoms with Crippen LogP contribution in [0.2, 0.25) is 5.02 Å². The van der Waals surface area contributed by atoms with Crippen LogP contribution < -0.4 is 0 Å². The molecule has 0 atom stereocenters. The minimum Gasteiger partial charge on any atom is -0.454 e. The normalized spacial score (nSPS) is 11.9. The van der Waals surface area contributed by atoms with Gasteiger partial charge in [-0.1, -0.05) is 68.8 Å². The number of aromatic nitrogens is 2. The number of halogens is 2. The largest absolute Gasteiger partial charge is 0.454 e. The summed E-state index contributed by atoms with van der Waals surface area (Å²) in [6.45, 7) is 6.63. The SMILES string of the molecule is CC(C)(C)c1ccc(-c2ccc3oc(-c4c[nH]c(-c5c(F)cccc5Cl)n4)cc3c2)cc1. The van der Waals surface area contributed by atoms with Crippen molar-refractivity contribution in [2.75, 3.05) is 0 Å². The van der Waals surface area contributed by atoms with Crippen LogP contribution in [0.3, 0.4) is 0 Å². The molecule has 2 heterocycles. The number of H-pyrrole nitrogens is 1. The van der Waals surface area contributed by atoms with Crippen molar-refractivity contribution in [3.05, 3.63) is 89.3 Å². The Labute approximate surface area is 190 Å². The van der Waals surface area contributed by atoms with Gasteiger partial charge in [0.1, 0.15) is 22.9 Å². The molecule has 3 aromatic carbocycles. The molecule has 0 amide bonds. The van der Waals surface area contributed by atoms with Crippen molar-refractivity contribution in [2.45, 2.75) is 26.2 Å². The van der Waals surface area contributed by atoms with Gasteiger partial charge in [-0.2, -0.15) is 0 Å². The lowest BCUT2D eigenvalue weighted by atomic mass is 9.86. The number of hydrogen-bond donors (Lipinski definition) is 1. The zero-order valence-corrected chi connectivity index (χ0v) is 18.8. The Balaban J connectivity index is 1.48. The average molecular weight is 445 g/mol. The van der Waals surface area contributed by atoms with Crippen LogP contribution in [0.4, 0.5) is 4.39 Å². The molecule has 0 spiro atoms. The number of fused-ring (bicyclic) bond motifs is 1. The van der Waals surface area contributed by atoms with Crippen LogP contribution in [0.15, 0.2) is 77.3 Å². The predicted molar refractivity (Wildman–Crippen MR) is 128 cm³/mol. The van der Waals surface area contributed by atoms with E-state index in [1.807, 2.05) is 12.1 Å². The summed E-state index contributed by atoms with van der Waals surface area (Å²) in [6.07, 6.45) is 1.70. The Bertz CT molecular complexity index is 1400. The Kier molecular flexibility index (Phi) is 4.90. The second-order valence-corrected chi connectivity index (χ2v) is 9.33. The van der Waals surface area contributed by atoms with Gasteiger partial charge in [-0.15, -0.1) is 0 Å². The molecule has 0 saturated heterocycles. The zero-order valence-electron chi connectivity index (χ0n) is 18.0. The molecular formula is C27H22ClFN2O. The van der Waals surface area contributed by atoms with Crippen LogP contribution in [0.25, 0.3) is 44.9 Å². The molecule has 0 aliphatic carbocycles. The highest BCUT2D eigenvalue weighted by Gasteiger charge is 2.17. The highest BCUT2D eigenvalue weighted by Crippen LogP contribution is 2.34. The number of benzene rings is 3. The Morgan fingerprint density at radius 3 is 2.41 bits per heavy atom. The van der Waals surface area contributed by atoms with Gasteiger partial charge < -0.3 is 9.40 Å². The van der Waals surface area contributed by atoms with Crippen LogP contribution in [0.1, 0.15) is 26.3 Å². The van der Waals surface area contributed by atoms with Crippen molar-refractivity contribution < 1.29 is 8.81 Å². The molecule has 0 unspecified atom stereocenters. The summed E-state index contributed by atoms with van der Waals surface area (Å²) in [6, 6.07) is 21.3. The molecule has 0 bridgehead atoms. The Morgan fingerprint density at radius 2 is 1.69 bits per heavy atom. The molecule has 5 aromatic rings. The summed E-state index contributed by atoms with van der Waals surface area (Å²) < 4.78 is 20.3. The maximum absolute atomic E-state index is 14.2. The minimum atomic E-state index is -0.426. The monoisotopic (exact) mass is 444 g/mol. The third-order valence-electron chi connectivity index (χ3n) is 5.63. The van der Waals surface area contributed by atoms with Crippen molar-refractivity contribution in [1.82, 2.24) is 9.97 Å². The second-order valence-electron chi connectivity index (χ2n) is 8.92. The van der Waals surface area contributed by atoms with Crippen molar-refractivity contribution in [1.29, 1.82) is 0 Å². The van der Waals surface area contributed by atoms with E-state index in [-0.39, 0.29) is 11.0 Å². The van der Waals surface area contributed by atoms with E-state index in [2.05, 4.69) is 67.1 Å². The third-order valence-corrected chi connectivity index (χ3v) is 5.95. The number of hydrogen-bond acceptors (Lipinski definition) is 2. The van der Waals surface area contributed by atoms with Crippen LogP contribution >= 0.6 is 11.6 Å². The summed E-state index contributed by atoms with van der Waals surface area (Å²) >= 11 is 6.17. The molecule has 0 aliphatic heterocycles. The van der Waals surface area contributed by atoms with Gasteiger partial charge in [0.25, 0.3) is 0 Å². The molecular weight excluding hydrogens is 423 g/mol. The van der Waals surface area contributed by atoms with E-state index in [0.29, 0.717) is 22.3 Å². The van der Waals surface area contributed by atoms with Crippen LogP contribution in [-0.4, -0.2) is 9.97 Å². The summed E-state index contributed by atoms with van der Waals surface area (Å²) in [5.41, 5.74) is 5.30. The molecule has 160 valence electrons. The highest BCUT2D eigenvalue weighted by atomic mass is 35.5. The van der Waals surface area contributed by atoms with E-state index in [1.54, 1.807) is 18.3 Å². The number of imidazole rings is 1. The van der Waals surface area contributed by atoms with Crippen molar-refractivity contribution >= 4 is 22.6 Å². The molecule has 3 nitrogen and oxygen atoms in total. The van der Waals surface area contributed by atoms with Gasteiger partial charge in [0.15, 0.2) is 5.76 Å². The zero-order chi connectivity index (χ0) is 22.5. The summed E-state index contributed by atoms with van der Waals surface area (Å²) in [4.78, 5) is 7.51. The summed E-state index contributed by atoms with van der Waals surface area (Å²) in [5.74, 6) is 0.545. The molecule has 0 radical (unpaired) electrons. The number of aromatic amines is 1. The predicted octanol–water partition coefficient (Wildman–Crippen LogP) is 8.25. The number of rotatable bonds is 3. The molecule has 0 aliphatic rings. The molecule has 0 saturated carbocycles. The van der Waals surface area contributed by atoms with E-state index < -0.39 is 5.82 Å². The fourth-order valence-electron chi connectivity index (χ4n) is 3.81. The number of nitrogens with zero attached hydrogens (tertiary/aromatic N) is 1. The lowest BCUT2D eigenvalue weighted by Crippen LogP contribution is -2.10. The lowest BCUT2D eigenvalue weighted by Gasteiger charge is -2.19. The number of furan rings is 1. The van der Waals surface area contributed by atoms with Gasteiger partial charge in [-0.05, 0) is 52.4 Å². The topological polar surface area (TPSA) is 41.8 Å². The molecule has 2 aromatic heterocycles. The summed E-state index contributed by atoms with van der Waals surface area (Å²) in [5, 5.41) is 1.28. The van der Waals surface area contributed by atoms with Crippen molar-refractivity contribution in [3.8, 4) is 34.0 Å². The van der Waals surface area contributed by atoms with Crippen molar-refractivity contribution in [3.63, 3.8) is 0 Å². The Morgan fingerprint density at radius 1 is 0.938 bits per heavy atom. The first kappa shape index (κ1) is 20.5. The maximum atomic E-state index is 14.2. The van der Waals surface area contributed by atoms with Gasteiger partial charge in [0.05, 0.1) is 10.6 Å². The first-order chi connectivity index (χ1) is 15.3. The molecule has 5 rings (SSSR count). The van der Waals surface area contributed by atoms with Gasteiger partial charge in [-0.3, -0.25) is 0 Å². The quantitative estimate of drug-likeness (QED) is 0.304. The smallest absolute Gasteiger partial charge is 0.155 e. The average Bonchev–Trinajstić information content (AvgIpc) is 3.40. The first-order valence-corrected chi connectivity index (χ1v) is 10.8. The minimum absolute atomic E-state index is 0.122. The molecule has 1 N–H and O–H groups in total. The highest BCUT2D eigenvalue weighted by molar-refractivity contribution is 6.33. The van der Waals surface area contributed by atoms with Crippen LogP contribution in [0.5, 0.6) is 0 Å². The second kappa shape index (κ2) is 7.64. The van der Waals surface area contributed by atoms with Crippen LogP contribution in [-0.2, 0) is 5.41 Å². The van der Waals surface area contributed by atoms with Crippen molar-refractivity contribution in [2.24, 2.45) is 0 Å². The standard InChI is InChI=1S/C27H22ClFN2O/c1-27(2,3)19-10-7-16(8-11-19)17-9-12-23-18(13-17)14-24(32-23)22-15-30-26(31-22)25-20(28)5-4-6-21(25)29/h4-15H,1-3H3,(H,30,31). The fourth-order valence-corrected chi connectivity index (χ4v) is 4.06. The molecule has 0 fully saturated rings. The van der Waals surface area contributed by atoms with E-state index in [9.17, 15) is 4.39 Å². The van der Waals surface area contributed by atoms with Gasteiger partial charge in [-0.25, -0.2) is 9.37 Å². The van der Waals surface area contributed by atoms with E-state index in [0.717, 1.165) is 22.1 Å².